The highest BCUT2D eigenvalue weighted by Crippen LogP contribution is 2.55. The number of rotatable bonds is 1. The lowest BCUT2D eigenvalue weighted by Gasteiger charge is -2.42. The van der Waals surface area contributed by atoms with Crippen LogP contribution in [0.25, 0.3) is 0 Å². The molecule has 1 N–H and O–H groups in total. The lowest BCUT2D eigenvalue weighted by molar-refractivity contribution is -0.190. The molecule has 4 rings (SSSR count). The highest BCUT2D eigenvalue weighted by atomic mass is 16.7. The summed E-state index contributed by atoms with van der Waals surface area (Å²) in [5.41, 5.74) is 1.57. The molecule has 0 unspecified atom stereocenters. The van der Waals surface area contributed by atoms with Crippen molar-refractivity contribution < 1.29 is 24.1 Å². The minimum absolute atomic E-state index is 0.465. The first-order valence-corrected chi connectivity index (χ1v) is 7.84. The van der Waals surface area contributed by atoms with Crippen LogP contribution in [0, 0.1) is 6.92 Å². The van der Waals surface area contributed by atoms with Crippen LogP contribution >= 0.6 is 0 Å². The van der Waals surface area contributed by atoms with Crippen LogP contribution in [0.15, 0.2) is 18.2 Å². The van der Waals surface area contributed by atoms with Crippen molar-refractivity contribution in [1.82, 2.24) is 0 Å². The summed E-state index contributed by atoms with van der Waals surface area (Å²) >= 11 is 0. The number of fused-ring (bicyclic) bond motifs is 2. The molecule has 2 heterocycles. The number of hydrogen-bond acceptors (Lipinski definition) is 4. The molecule has 1 atom stereocenters. The Morgan fingerprint density at radius 1 is 1.18 bits per heavy atom. The Labute approximate surface area is 129 Å². The third-order valence-electron chi connectivity index (χ3n) is 5.43. The van der Waals surface area contributed by atoms with Crippen molar-refractivity contribution in [3.63, 3.8) is 0 Å². The Kier molecular flexibility index (Phi) is 3.00. The van der Waals surface area contributed by atoms with Gasteiger partial charge in [-0.15, -0.1) is 0 Å². The third-order valence-corrected chi connectivity index (χ3v) is 5.43. The van der Waals surface area contributed by atoms with Crippen LogP contribution in [0.1, 0.15) is 36.8 Å². The highest BCUT2D eigenvalue weighted by Gasteiger charge is 2.57. The molecule has 2 spiro atoms. The van der Waals surface area contributed by atoms with E-state index in [0.29, 0.717) is 38.9 Å². The van der Waals surface area contributed by atoms with Gasteiger partial charge in [0.2, 0.25) is 6.10 Å². The fourth-order valence-electron chi connectivity index (χ4n) is 4.25. The summed E-state index contributed by atoms with van der Waals surface area (Å²) in [4.78, 5) is 11.8. The van der Waals surface area contributed by atoms with E-state index in [4.69, 9.17) is 14.2 Å². The monoisotopic (exact) mass is 304 g/mol. The molecule has 0 aromatic heterocycles. The number of aliphatic carboxylic acids is 1. The number of carbonyl (C=O) groups is 1. The summed E-state index contributed by atoms with van der Waals surface area (Å²) in [6, 6.07) is 5.96. The largest absolute Gasteiger partial charge is 0.478 e. The third kappa shape index (κ3) is 1.82. The fourth-order valence-corrected chi connectivity index (χ4v) is 4.25. The summed E-state index contributed by atoms with van der Waals surface area (Å²) in [7, 11) is 0. The molecule has 2 aliphatic heterocycles. The van der Waals surface area contributed by atoms with Crippen LogP contribution < -0.4 is 4.74 Å². The van der Waals surface area contributed by atoms with E-state index in [9.17, 15) is 9.90 Å². The van der Waals surface area contributed by atoms with Gasteiger partial charge in [-0.2, -0.15) is 0 Å². The van der Waals surface area contributed by atoms with Gasteiger partial charge < -0.3 is 19.3 Å². The van der Waals surface area contributed by atoms with E-state index in [2.05, 4.69) is 0 Å². The highest BCUT2D eigenvalue weighted by molar-refractivity contribution is 5.78. The van der Waals surface area contributed by atoms with Crippen molar-refractivity contribution in [1.29, 1.82) is 0 Å². The van der Waals surface area contributed by atoms with Gasteiger partial charge in [-0.25, -0.2) is 4.79 Å². The average Bonchev–Trinajstić information content (AvgIpc) is 3.08. The average molecular weight is 304 g/mol. The molecule has 1 saturated carbocycles. The molecule has 5 heteroatoms. The molecular formula is C17H20O5. The van der Waals surface area contributed by atoms with Crippen LogP contribution in [0.3, 0.4) is 0 Å². The maximum Gasteiger partial charge on any atom is 0.345 e. The second-order valence-corrected chi connectivity index (χ2v) is 6.55. The van der Waals surface area contributed by atoms with Gasteiger partial charge in [0.1, 0.15) is 5.75 Å². The Hall–Kier alpha value is -1.59. The number of benzene rings is 1. The lowest BCUT2D eigenvalue weighted by Crippen LogP contribution is -2.50. The molecule has 1 aromatic carbocycles. The lowest BCUT2D eigenvalue weighted by atomic mass is 9.65. The van der Waals surface area contributed by atoms with Gasteiger partial charge in [-0.3, -0.25) is 0 Å². The maximum absolute atomic E-state index is 11.8. The topological polar surface area (TPSA) is 65.0 Å². The predicted molar refractivity (Wildman–Crippen MR) is 78.0 cm³/mol. The van der Waals surface area contributed by atoms with Gasteiger partial charge in [0, 0.05) is 23.8 Å². The molecule has 0 amide bonds. The van der Waals surface area contributed by atoms with Crippen molar-refractivity contribution in [2.75, 3.05) is 13.2 Å². The van der Waals surface area contributed by atoms with Gasteiger partial charge >= 0.3 is 5.97 Å². The van der Waals surface area contributed by atoms with Crippen LogP contribution in [0.5, 0.6) is 5.75 Å². The zero-order valence-corrected chi connectivity index (χ0v) is 12.6. The van der Waals surface area contributed by atoms with E-state index in [1.54, 1.807) is 0 Å². The fraction of sp³-hybridized carbons (Fsp3) is 0.588. The normalized spacial score (nSPS) is 27.8. The molecule has 0 bridgehead atoms. The first kappa shape index (κ1) is 14.0. The Morgan fingerprint density at radius 2 is 1.86 bits per heavy atom. The van der Waals surface area contributed by atoms with Crippen LogP contribution in [0.2, 0.25) is 0 Å². The Morgan fingerprint density at radius 3 is 2.50 bits per heavy atom. The molecule has 22 heavy (non-hydrogen) atoms. The van der Waals surface area contributed by atoms with Gasteiger partial charge in [-0.05, 0) is 25.3 Å². The number of hydrogen-bond donors (Lipinski definition) is 1. The molecule has 1 saturated heterocycles. The van der Waals surface area contributed by atoms with Crippen molar-refractivity contribution in [3.05, 3.63) is 29.3 Å². The number of para-hydroxylation sites is 1. The Balaban J connectivity index is 1.73. The van der Waals surface area contributed by atoms with E-state index in [-0.39, 0.29) is 0 Å². The second kappa shape index (κ2) is 4.70. The van der Waals surface area contributed by atoms with E-state index < -0.39 is 23.3 Å². The molecular weight excluding hydrogens is 284 g/mol. The predicted octanol–water partition coefficient (Wildman–Crippen LogP) is 2.40. The number of ether oxygens (including phenoxy) is 3. The van der Waals surface area contributed by atoms with E-state index in [0.717, 1.165) is 16.9 Å². The van der Waals surface area contributed by atoms with Crippen molar-refractivity contribution >= 4 is 5.97 Å². The maximum atomic E-state index is 11.8. The number of carboxylic acid groups (broad SMARTS) is 1. The van der Waals surface area contributed by atoms with Crippen molar-refractivity contribution in [3.8, 4) is 5.75 Å². The molecule has 5 nitrogen and oxygen atoms in total. The minimum atomic E-state index is -0.889. The van der Waals surface area contributed by atoms with Crippen molar-refractivity contribution in [2.45, 2.75) is 49.9 Å². The number of carboxylic acids is 1. The quantitative estimate of drug-likeness (QED) is 0.863. The van der Waals surface area contributed by atoms with Gasteiger partial charge in [0.15, 0.2) is 5.79 Å². The Bertz CT molecular complexity index is 607. The molecule has 2 fully saturated rings. The van der Waals surface area contributed by atoms with Crippen molar-refractivity contribution in [2.24, 2.45) is 0 Å². The minimum Gasteiger partial charge on any atom is -0.478 e. The molecule has 3 aliphatic rings. The van der Waals surface area contributed by atoms with Crippen LogP contribution in [-0.4, -0.2) is 36.2 Å². The molecule has 0 radical (unpaired) electrons. The zero-order valence-electron chi connectivity index (χ0n) is 12.6. The summed E-state index contributed by atoms with van der Waals surface area (Å²) < 4.78 is 17.4. The second-order valence-electron chi connectivity index (χ2n) is 6.55. The standard InChI is InChI=1S/C17H20O5/c1-11-3-2-4-12-13(11)22-14(15(18)19)16(12)5-7-17(8-6-16)20-9-10-21-17/h2-4,14H,5-10H2,1H3,(H,18,19)/t14-/m0/s1. The molecule has 1 aromatic rings. The first-order valence-electron chi connectivity index (χ1n) is 7.84. The van der Waals surface area contributed by atoms with E-state index >= 15 is 0 Å². The zero-order chi connectivity index (χ0) is 15.4. The summed E-state index contributed by atoms with van der Waals surface area (Å²) in [5.74, 6) is -0.639. The van der Waals surface area contributed by atoms with Crippen LogP contribution in [-0.2, 0) is 19.7 Å². The van der Waals surface area contributed by atoms with Crippen LogP contribution in [0.4, 0.5) is 0 Å². The van der Waals surface area contributed by atoms with E-state index in [1.165, 1.54) is 0 Å². The smallest absolute Gasteiger partial charge is 0.345 e. The first-order chi connectivity index (χ1) is 10.6. The number of aryl methyl sites for hydroxylation is 1. The summed E-state index contributed by atoms with van der Waals surface area (Å²) in [5, 5.41) is 9.66. The SMILES string of the molecule is Cc1cccc2c1O[C@@H](C(=O)O)C21CCC2(CC1)OCCO2. The van der Waals surface area contributed by atoms with Gasteiger partial charge in [-0.1, -0.05) is 18.2 Å². The van der Waals surface area contributed by atoms with E-state index in [1.807, 2.05) is 25.1 Å². The molecule has 118 valence electrons. The van der Waals surface area contributed by atoms with Gasteiger partial charge in [0.05, 0.1) is 13.2 Å². The molecule has 1 aliphatic carbocycles. The van der Waals surface area contributed by atoms with Gasteiger partial charge in [0.25, 0.3) is 0 Å². The summed E-state index contributed by atoms with van der Waals surface area (Å²) in [6.45, 7) is 3.22. The summed E-state index contributed by atoms with van der Waals surface area (Å²) in [6.07, 6.45) is 2.03.